The molecule has 1 aliphatic rings. The van der Waals surface area contributed by atoms with Crippen LogP contribution in [0.4, 0.5) is 0 Å². The maximum atomic E-state index is 5.87. The van der Waals surface area contributed by atoms with Gasteiger partial charge in [-0.2, -0.15) is 12.6 Å². The van der Waals surface area contributed by atoms with Crippen molar-refractivity contribution in [3.63, 3.8) is 0 Å². The van der Waals surface area contributed by atoms with Crippen LogP contribution >= 0.6 is 12.6 Å². The molecule has 1 heterocycles. The minimum atomic E-state index is -1.21. The summed E-state index contributed by atoms with van der Waals surface area (Å²) in [4.78, 5) is 0. The van der Waals surface area contributed by atoms with Crippen molar-refractivity contribution in [2.24, 2.45) is 0 Å². The van der Waals surface area contributed by atoms with E-state index >= 15 is 0 Å². The van der Waals surface area contributed by atoms with Gasteiger partial charge < -0.3 is 4.43 Å². The molecule has 0 N–H and O–H groups in total. The molecule has 0 bridgehead atoms. The van der Waals surface area contributed by atoms with Crippen LogP contribution in [0.25, 0.3) is 0 Å². The number of thiol groups is 1. The fourth-order valence-electron chi connectivity index (χ4n) is 1.64. The second kappa shape index (κ2) is 4.53. The lowest BCUT2D eigenvalue weighted by Crippen LogP contribution is -2.37. The molecular weight excluding hydrogens is 172 g/mol. The molecule has 0 aromatic carbocycles. The molecule has 1 aliphatic heterocycles. The van der Waals surface area contributed by atoms with Gasteiger partial charge in [-0.3, -0.25) is 0 Å². The van der Waals surface area contributed by atoms with Crippen molar-refractivity contribution in [3.8, 4) is 0 Å². The fraction of sp³-hybridized carbons (Fsp3) is 1.00. The van der Waals surface area contributed by atoms with Crippen molar-refractivity contribution in [3.05, 3.63) is 0 Å². The van der Waals surface area contributed by atoms with E-state index in [4.69, 9.17) is 4.43 Å². The molecule has 0 aromatic heterocycles. The summed E-state index contributed by atoms with van der Waals surface area (Å²) in [5.74, 6) is 1.02. The van der Waals surface area contributed by atoms with Crippen molar-refractivity contribution < 1.29 is 4.43 Å². The van der Waals surface area contributed by atoms with Crippen molar-refractivity contribution >= 4 is 20.9 Å². The normalized spacial score (nSPS) is 32.2. The minimum absolute atomic E-state index is 1.02. The molecule has 0 saturated carbocycles. The lowest BCUT2D eigenvalue weighted by molar-refractivity contribution is 0.270. The predicted octanol–water partition coefficient (Wildman–Crippen LogP) is 2.69. The first kappa shape index (κ1) is 9.61. The first-order valence-corrected chi connectivity index (χ1v) is 7.97. The van der Waals surface area contributed by atoms with Crippen LogP contribution in [0.3, 0.4) is 0 Å². The average Bonchev–Trinajstić information content (AvgIpc) is 2.03. The van der Waals surface area contributed by atoms with Gasteiger partial charge in [-0.1, -0.05) is 6.42 Å². The highest BCUT2D eigenvalue weighted by Gasteiger charge is 2.30. The van der Waals surface area contributed by atoms with E-state index in [9.17, 15) is 0 Å². The first-order chi connectivity index (χ1) is 5.27. The molecule has 0 aromatic rings. The van der Waals surface area contributed by atoms with Crippen LogP contribution < -0.4 is 0 Å². The quantitative estimate of drug-likeness (QED) is 0.532. The predicted molar refractivity (Wildman–Crippen MR) is 54.9 cm³/mol. The van der Waals surface area contributed by atoms with Gasteiger partial charge in [0, 0.05) is 6.61 Å². The topological polar surface area (TPSA) is 9.23 Å². The monoisotopic (exact) mass is 190 g/mol. The summed E-state index contributed by atoms with van der Waals surface area (Å²) < 4.78 is 5.87. The Kier molecular flexibility index (Phi) is 3.96. The Bertz CT molecular complexity index is 113. The van der Waals surface area contributed by atoms with Gasteiger partial charge in [0.15, 0.2) is 8.32 Å². The smallest absolute Gasteiger partial charge is 0.189 e. The molecule has 0 radical (unpaired) electrons. The Hall–Kier alpha value is 0.527. The van der Waals surface area contributed by atoms with Crippen LogP contribution in [0.15, 0.2) is 0 Å². The zero-order chi connectivity index (χ0) is 8.16. The zero-order valence-electron chi connectivity index (χ0n) is 7.31. The van der Waals surface area contributed by atoms with Crippen LogP contribution in [0.1, 0.15) is 19.3 Å². The van der Waals surface area contributed by atoms with Gasteiger partial charge in [0.1, 0.15) is 0 Å². The van der Waals surface area contributed by atoms with E-state index in [0.29, 0.717) is 0 Å². The average molecular weight is 190 g/mol. The Morgan fingerprint density at radius 1 is 1.45 bits per heavy atom. The molecule has 1 fully saturated rings. The maximum Gasteiger partial charge on any atom is 0.189 e. The summed E-state index contributed by atoms with van der Waals surface area (Å²) in [6.07, 6.45) is 3.92. The Balaban J connectivity index is 2.25. The molecule has 1 atom stereocenters. The summed E-state index contributed by atoms with van der Waals surface area (Å²) in [5.41, 5.74) is 0. The summed E-state index contributed by atoms with van der Waals surface area (Å²) >= 11 is 4.22. The van der Waals surface area contributed by atoms with Crippen LogP contribution in [-0.4, -0.2) is 20.7 Å². The van der Waals surface area contributed by atoms with Crippen LogP contribution in [0.5, 0.6) is 0 Å². The van der Waals surface area contributed by atoms with Crippen molar-refractivity contribution in [1.29, 1.82) is 0 Å². The van der Waals surface area contributed by atoms with Gasteiger partial charge in [-0.05, 0) is 37.2 Å². The third kappa shape index (κ3) is 3.17. The van der Waals surface area contributed by atoms with Gasteiger partial charge in [-0.25, -0.2) is 0 Å². The number of hydrogen-bond acceptors (Lipinski definition) is 2. The molecule has 0 aliphatic carbocycles. The SMILES string of the molecule is C[Si]1(CCCS)CCCCO1. The van der Waals surface area contributed by atoms with E-state index in [0.717, 1.165) is 12.4 Å². The van der Waals surface area contributed by atoms with Crippen LogP contribution in [0, 0.1) is 0 Å². The third-order valence-electron chi connectivity index (χ3n) is 2.41. The van der Waals surface area contributed by atoms with Gasteiger partial charge in [0.25, 0.3) is 0 Å². The lowest BCUT2D eigenvalue weighted by atomic mass is 10.4. The third-order valence-corrected chi connectivity index (χ3v) is 6.45. The van der Waals surface area contributed by atoms with Crippen LogP contribution in [-0.2, 0) is 4.43 Å². The number of rotatable bonds is 3. The summed E-state index contributed by atoms with van der Waals surface area (Å²) in [6, 6.07) is 2.69. The number of hydrogen-bond donors (Lipinski definition) is 1. The molecular formula is C8H18OSSi. The Morgan fingerprint density at radius 2 is 2.27 bits per heavy atom. The zero-order valence-corrected chi connectivity index (χ0v) is 9.20. The van der Waals surface area contributed by atoms with E-state index in [1.807, 2.05) is 0 Å². The maximum absolute atomic E-state index is 5.87. The Morgan fingerprint density at radius 3 is 2.82 bits per heavy atom. The molecule has 1 rings (SSSR count). The molecule has 66 valence electrons. The highest BCUT2D eigenvalue weighted by Crippen LogP contribution is 2.26. The van der Waals surface area contributed by atoms with Crippen LogP contribution in [0.2, 0.25) is 18.6 Å². The van der Waals surface area contributed by atoms with Crippen molar-refractivity contribution in [2.45, 2.75) is 37.9 Å². The molecule has 0 amide bonds. The Labute approximate surface area is 76.1 Å². The highest BCUT2D eigenvalue weighted by atomic mass is 32.1. The summed E-state index contributed by atoms with van der Waals surface area (Å²) in [6.45, 7) is 3.39. The molecule has 11 heavy (non-hydrogen) atoms. The fourth-order valence-corrected chi connectivity index (χ4v) is 5.20. The molecule has 1 saturated heterocycles. The second-order valence-electron chi connectivity index (χ2n) is 3.58. The van der Waals surface area contributed by atoms with Gasteiger partial charge in [0.2, 0.25) is 0 Å². The largest absolute Gasteiger partial charge is 0.417 e. The van der Waals surface area contributed by atoms with Crippen molar-refractivity contribution in [1.82, 2.24) is 0 Å². The van der Waals surface area contributed by atoms with Gasteiger partial charge in [-0.15, -0.1) is 0 Å². The standard InChI is InChI=1S/C8H18OSSi/c1-11(8-4-6-10)7-3-2-5-9-11/h10H,2-8H2,1H3. The highest BCUT2D eigenvalue weighted by molar-refractivity contribution is 7.80. The van der Waals surface area contributed by atoms with E-state index in [1.165, 1.54) is 31.4 Å². The summed E-state index contributed by atoms with van der Waals surface area (Å²) in [5, 5.41) is 0. The van der Waals surface area contributed by atoms with E-state index in [2.05, 4.69) is 19.2 Å². The van der Waals surface area contributed by atoms with E-state index in [1.54, 1.807) is 0 Å². The van der Waals surface area contributed by atoms with Crippen molar-refractivity contribution in [2.75, 3.05) is 12.4 Å². The molecule has 1 nitrogen and oxygen atoms in total. The van der Waals surface area contributed by atoms with Gasteiger partial charge >= 0.3 is 0 Å². The van der Waals surface area contributed by atoms with E-state index in [-0.39, 0.29) is 0 Å². The van der Waals surface area contributed by atoms with Gasteiger partial charge in [0.05, 0.1) is 0 Å². The molecule has 3 heteroatoms. The summed E-state index contributed by atoms with van der Waals surface area (Å²) in [7, 11) is -1.21. The first-order valence-electron chi connectivity index (χ1n) is 4.52. The lowest BCUT2D eigenvalue weighted by Gasteiger charge is -2.31. The minimum Gasteiger partial charge on any atom is -0.417 e. The molecule has 0 spiro atoms. The van der Waals surface area contributed by atoms with E-state index < -0.39 is 8.32 Å². The second-order valence-corrected chi connectivity index (χ2v) is 8.22. The molecule has 1 unspecified atom stereocenters.